The minimum absolute atomic E-state index is 0.0326. The first kappa shape index (κ1) is 16.3. The van der Waals surface area contributed by atoms with Crippen LogP contribution in [-0.4, -0.2) is 43.9 Å². The van der Waals surface area contributed by atoms with Crippen molar-refractivity contribution in [2.75, 3.05) is 26.9 Å². The summed E-state index contributed by atoms with van der Waals surface area (Å²) >= 11 is 0. The van der Waals surface area contributed by atoms with Gasteiger partial charge in [-0.1, -0.05) is 0 Å². The number of nitrogens with one attached hydrogen (secondary N) is 1. The molecule has 1 aromatic carbocycles. The number of hydrogen-bond donors (Lipinski definition) is 2. The van der Waals surface area contributed by atoms with Crippen molar-refractivity contribution in [3.63, 3.8) is 0 Å². The van der Waals surface area contributed by atoms with E-state index >= 15 is 0 Å². The molecule has 1 atom stereocenters. The molecule has 1 aromatic rings. The van der Waals surface area contributed by atoms with Crippen molar-refractivity contribution in [3.8, 4) is 5.75 Å². The minimum atomic E-state index is -1.09. The number of carboxylic acids is 1. The van der Waals surface area contributed by atoms with Crippen LogP contribution >= 0.6 is 0 Å². The van der Waals surface area contributed by atoms with Crippen LogP contribution in [0.4, 0.5) is 0 Å². The predicted octanol–water partition coefficient (Wildman–Crippen LogP) is 1.94. The summed E-state index contributed by atoms with van der Waals surface area (Å²) in [5, 5.41) is 11.9. The van der Waals surface area contributed by atoms with E-state index in [0.717, 1.165) is 32.5 Å². The lowest BCUT2D eigenvalue weighted by Crippen LogP contribution is -2.28. The molecule has 1 unspecified atom stereocenters. The van der Waals surface area contributed by atoms with Gasteiger partial charge in [0, 0.05) is 25.3 Å². The van der Waals surface area contributed by atoms with E-state index in [-0.39, 0.29) is 17.0 Å². The van der Waals surface area contributed by atoms with Gasteiger partial charge in [0.25, 0.3) is 5.91 Å². The third-order valence-electron chi connectivity index (χ3n) is 3.74. The van der Waals surface area contributed by atoms with Gasteiger partial charge in [-0.05, 0) is 43.4 Å². The van der Waals surface area contributed by atoms with Gasteiger partial charge in [-0.15, -0.1) is 0 Å². The van der Waals surface area contributed by atoms with Crippen molar-refractivity contribution in [2.24, 2.45) is 5.92 Å². The van der Waals surface area contributed by atoms with Gasteiger partial charge in [0.2, 0.25) is 0 Å². The van der Waals surface area contributed by atoms with E-state index in [0.29, 0.717) is 18.2 Å². The van der Waals surface area contributed by atoms with Crippen LogP contribution in [0.2, 0.25) is 0 Å². The van der Waals surface area contributed by atoms with Gasteiger partial charge in [0.15, 0.2) is 0 Å². The summed E-state index contributed by atoms with van der Waals surface area (Å²) < 4.78 is 10.4. The zero-order chi connectivity index (χ0) is 15.9. The van der Waals surface area contributed by atoms with E-state index in [1.807, 2.05) is 0 Å². The molecule has 120 valence electrons. The molecule has 6 heteroatoms. The maximum atomic E-state index is 12.1. The molecule has 1 aliphatic rings. The van der Waals surface area contributed by atoms with Gasteiger partial charge in [-0.2, -0.15) is 0 Å². The Morgan fingerprint density at radius 2 is 2.14 bits per heavy atom. The third kappa shape index (κ3) is 4.46. The van der Waals surface area contributed by atoms with Crippen LogP contribution in [0.3, 0.4) is 0 Å². The van der Waals surface area contributed by atoms with Crippen LogP contribution in [0.1, 0.15) is 40.0 Å². The van der Waals surface area contributed by atoms with Crippen LogP contribution in [0.5, 0.6) is 5.75 Å². The van der Waals surface area contributed by atoms with Crippen molar-refractivity contribution in [2.45, 2.75) is 19.3 Å². The summed E-state index contributed by atoms with van der Waals surface area (Å²) in [7, 11) is 1.44. The van der Waals surface area contributed by atoms with Crippen LogP contribution in [-0.2, 0) is 4.74 Å². The molecule has 0 spiro atoms. The highest BCUT2D eigenvalue weighted by Crippen LogP contribution is 2.18. The van der Waals surface area contributed by atoms with Crippen molar-refractivity contribution < 1.29 is 24.2 Å². The number of carboxylic acid groups (broad SMARTS) is 1. The normalized spacial score (nSPS) is 17.8. The topological polar surface area (TPSA) is 84.9 Å². The Bertz CT molecular complexity index is 537. The van der Waals surface area contributed by atoms with Gasteiger partial charge in [-0.3, -0.25) is 4.79 Å². The highest BCUT2D eigenvalue weighted by atomic mass is 16.5. The second-order valence-corrected chi connectivity index (χ2v) is 5.38. The fourth-order valence-electron chi connectivity index (χ4n) is 2.50. The number of benzene rings is 1. The lowest BCUT2D eigenvalue weighted by atomic mass is 9.99. The molecule has 0 aromatic heterocycles. The minimum Gasteiger partial charge on any atom is -0.497 e. The second-order valence-electron chi connectivity index (χ2n) is 5.38. The fraction of sp³-hybridized carbons (Fsp3) is 0.500. The number of carbonyl (C=O) groups is 2. The van der Waals surface area contributed by atoms with E-state index in [9.17, 15) is 9.59 Å². The molecule has 1 heterocycles. The Balaban J connectivity index is 1.93. The second kappa shape index (κ2) is 7.79. The smallest absolute Gasteiger partial charge is 0.335 e. The van der Waals surface area contributed by atoms with E-state index in [1.54, 1.807) is 0 Å². The molecule has 2 rings (SSSR count). The number of methoxy groups -OCH3 is 1. The molecule has 0 bridgehead atoms. The molecule has 1 amide bonds. The number of carbonyl (C=O) groups excluding carboxylic acids is 1. The molecule has 2 N–H and O–H groups in total. The van der Waals surface area contributed by atoms with E-state index in [4.69, 9.17) is 14.6 Å². The zero-order valence-corrected chi connectivity index (χ0v) is 12.6. The van der Waals surface area contributed by atoms with E-state index < -0.39 is 5.97 Å². The maximum Gasteiger partial charge on any atom is 0.335 e. The molecule has 6 nitrogen and oxygen atoms in total. The first-order valence-corrected chi connectivity index (χ1v) is 7.38. The average Bonchev–Trinajstić information content (AvgIpc) is 2.55. The number of amides is 1. The standard InChI is InChI=1S/C16H21NO5/c1-21-14-8-12(7-13(9-14)16(19)20)15(18)17-5-4-11-3-2-6-22-10-11/h7-9,11H,2-6,10H2,1H3,(H,17,18)(H,19,20). The molecular weight excluding hydrogens is 286 g/mol. The van der Waals surface area contributed by atoms with Crippen molar-refractivity contribution in [3.05, 3.63) is 29.3 Å². The molecule has 0 radical (unpaired) electrons. The highest BCUT2D eigenvalue weighted by Gasteiger charge is 2.15. The largest absolute Gasteiger partial charge is 0.497 e. The summed E-state index contributed by atoms with van der Waals surface area (Å²) in [5.41, 5.74) is 0.321. The highest BCUT2D eigenvalue weighted by molar-refractivity contribution is 5.98. The monoisotopic (exact) mass is 307 g/mol. The third-order valence-corrected chi connectivity index (χ3v) is 3.74. The Morgan fingerprint density at radius 3 is 2.77 bits per heavy atom. The van der Waals surface area contributed by atoms with Crippen molar-refractivity contribution in [1.82, 2.24) is 5.32 Å². The Kier molecular flexibility index (Phi) is 5.77. The van der Waals surface area contributed by atoms with Crippen molar-refractivity contribution in [1.29, 1.82) is 0 Å². The molecule has 22 heavy (non-hydrogen) atoms. The number of aromatic carboxylic acids is 1. The maximum absolute atomic E-state index is 12.1. The summed E-state index contributed by atoms with van der Waals surface area (Å²) in [6, 6.07) is 4.27. The summed E-state index contributed by atoms with van der Waals surface area (Å²) in [4.78, 5) is 23.2. The van der Waals surface area contributed by atoms with Crippen LogP contribution < -0.4 is 10.1 Å². The van der Waals surface area contributed by atoms with Crippen LogP contribution in [0.25, 0.3) is 0 Å². The zero-order valence-electron chi connectivity index (χ0n) is 12.6. The Morgan fingerprint density at radius 1 is 1.36 bits per heavy atom. The molecule has 1 aliphatic heterocycles. The summed E-state index contributed by atoms with van der Waals surface area (Å²) in [5.74, 6) is -0.551. The first-order chi connectivity index (χ1) is 10.6. The quantitative estimate of drug-likeness (QED) is 0.839. The fourth-order valence-corrected chi connectivity index (χ4v) is 2.50. The van der Waals surface area contributed by atoms with E-state index in [1.165, 1.54) is 25.3 Å². The Hall–Kier alpha value is -2.08. The molecule has 1 saturated heterocycles. The molecular formula is C16H21NO5. The number of ether oxygens (including phenoxy) is 2. The summed E-state index contributed by atoms with van der Waals surface area (Å²) in [6.45, 7) is 2.12. The van der Waals surface area contributed by atoms with Crippen molar-refractivity contribution >= 4 is 11.9 Å². The summed E-state index contributed by atoms with van der Waals surface area (Å²) in [6.07, 6.45) is 3.05. The molecule has 1 fully saturated rings. The predicted molar refractivity (Wildman–Crippen MR) is 80.4 cm³/mol. The Labute approximate surface area is 129 Å². The van der Waals surface area contributed by atoms with Gasteiger partial charge in [-0.25, -0.2) is 4.79 Å². The first-order valence-electron chi connectivity index (χ1n) is 7.38. The van der Waals surface area contributed by atoms with E-state index in [2.05, 4.69) is 5.32 Å². The SMILES string of the molecule is COc1cc(C(=O)O)cc(C(=O)NCCC2CCCOC2)c1. The van der Waals surface area contributed by atoms with Gasteiger partial charge >= 0.3 is 5.97 Å². The lowest BCUT2D eigenvalue weighted by Gasteiger charge is -2.21. The number of rotatable bonds is 6. The van der Waals surface area contributed by atoms with Gasteiger partial charge < -0.3 is 19.9 Å². The number of hydrogen-bond acceptors (Lipinski definition) is 4. The average molecular weight is 307 g/mol. The van der Waals surface area contributed by atoms with Crippen LogP contribution in [0, 0.1) is 5.92 Å². The van der Waals surface area contributed by atoms with Crippen LogP contribution in [0.15, 0.2) is 18.2 Å². The molecule has 0 aliphatic carbocycles. The lowest BCUT2D eigenvalue weighted by molar-refractivity contribution is 0.0514. The van der Waals surface area contributed by atoms with Gasteiger partial charge in [0.1, 0.15) is 5.75 Å². The van der Waals surface area contributed by atoms with Gasteiger partial charge in [0.05, 0.1) is 12.7 Å². The molecule has 0 saturated carbocycles.